The largest absolute Gasteiger partial charge is 0.368 e. The molecule has 14 heteroatoms. The Bertz CT molecular complexity index is 1550. The molecule has 5 rings (SSSR count). The third-order valence-corrected chi connectivity index (χ3v) is 6.37. The van der Waals surface area contributed by atoms with Gasteiger partial charge in [0.05, 0.1) is 40.3 Å². The molecule has 5 heterocycles. The van der Waals surface area contributed by atoms with Crippen LogP contribution in [-0.4, -0.2) is 61.1 Å². The van der Waals surface area contributed by atoms with E-state index in [9.17, 15) is 22.4 Å². The maximum atomic E-state index is 14.3. The summed E-state index contributed by atoms with van der Waals surface area (Å²) in [7, 11) is 0. The maximum absolute atomic E-state index is 14.3. The molecule has 1 aliphatic rings. The SMILES string of the molecule is CC1(C)C(=O)Nc2nc(-c3nn(Cc4ncccc4F)c4ncc(F)cc34)nc(NCC(N)(CF)CF)c21. The summed E-state index contributed by atoms with van der Waals surface area (Å²) in [5.74, 6) is -1.37. The van der Waals surface area contributed by atoms with Gasteiger partial charge in [-0.25, -0.2) is 37.2 Å². The molecule has 0 spiro atoms. The van der Waals surface area contributed by atoms with Gasteiger partial charge < -0.3 is 16.4 Å². The van der Waals surface area contributed by atoms with E-state index in [1.807, 2.05) is 0 Å². The van der Waals surface area contributed by atoms with Gasteiger partial charge >= 0.3 is 0 Å². The maximum Gasteiger partial charge on any atom is 0.235 e. The first-order valence-electron chi connectivity index (χ1n) is 11.6. The number of fused-ring (bicyclic) bond motifs is 2. The summed E-state index contributed by atoms with van der Waals surface area (Å²) in [6.07, 6.45) is 2.42. The standard InChI is InChI=1S/C24H23F4N9O/c1-23(2)16-18(32-11-24(29,9-25)10-26)33-20(34-19(16)35-22(23)38)17-13-6-12(27)7-31-21(13)37(36-17)8-15-14(28)4-3-5-30-15/h3-7H,8-11,29H2,1-2H3,(H2,32,33,34,35,38). The number of amides is 1. The van der Waals surface area contributed by atoms with Gasteiger partial charge in [-0.2, -0.15) is 5.10 Å². The van der Waals surface area contributed by atoms with Crippen molar-refractivity contribution in [1.29, 1.82) is 0 Å². The fourth-order valence-corrected chi connectivity index (χ4v) is 4.13. The van der Waals surface area contributed by atoms with Gasteiger partial charge in [0.1, 0.15) is 42.3 Å². The Morgan fingerprint density at radius 3 is 2.66 bits per heavy atom. The first-order chi connectivity index (χ1) is 18.1. The van der Waals surface area contributed by atoms with Crippen LogP contribution < -0.4 is 16.4 Å². The highest BCUT2D eigenvalue weighted by Gasteiger charge is 2.43. The monoisotopic (exact) mass is 529 g/mol. The average Bonchev–Trinajstić information content (AvgIpc) is 3.36. The van der Waals surface area contributed by atoms with E-state index in [2.05, 4.69) is 35.7 Å². The molecule has 4 aromatic rings. The first kappa shape index (κ1) is 25.4. The Balaban J connectivity index is 1.66. The Kier molecular flexibility index (Phi) is 6.21. The lowest BCUT2D eigenvalue weighted by molar-refractivity contribution is -0.119. The summed E-state index contributed by atoms with van der Waals surface area (Å²) in [5.41, 5.74) is 3.63. The number of carbonyl (C=O) groups is 1. The average molecular weight is 530 g/mol. The van der Waals surface area contributed by atoms with Gasteiger partial charge in [-0.1, -0.05) is 0 Å². The van der Waals surface area contributed by atoms with Crippen LogP contribution in [0.2, 0.25) is 0 Å². The molecule has 0 aliphatic carbocycles. The molecule has 0 saturated carbocycles. The second-order valence-corrected chi connectivity index (χ2v) is 9.64. The zero-order chi connectivity index (χ0) is 27.2. The van der Waals surface area contributed by atoms with Crippen molar-refractivity contribution in [3.8, 4) is 11.5 Å². The molecule has 1 aliphatic heterocycles. The molecule has 0 fully saturated rings. The number of nitrogens with one attached hydrogen (secondary N) is 2. The second-order valence-electron chi connectivity index (χ2n) is 9.64. The van der Waals surface area contributed by atoms with Crippen LogP contribution >= 0.6 is 0 Å². The van der Waals surface area contributed by atoms with Crippen LogP contribution in [0.4, 0.5) is 29.2 Å². The number of halogens is 4. The number of hydrogen-bond donors (Lipinski definition) is 3. The number of anilines is 2. The summed E-state index contributed by atoms with van der Waals surface area (Å²) in [4.78, 5) is 29.8. The van der Waals surface area contributed by atoms with Gasteiger partial charge in [-0.3, -0.25) is 9.78 Å². The third-order valence-electron chi connectivity index (χ3n) is 6.37. The van der Waals surface area contributed by atoms with E-state index < -0.39 is 35.9 Å². The topological polar surface area (TPSA) is 137 Å². The van der Waals surface area contributed by atoms with Gasteiger partial charge in [-0.05, 0) is 32.0 Å². The molecule has 0 atom stereocenters. The number of hydrogen-bond acceptors (Lipinski definition) is 8. The summed E-state index contributed by atoms with van der Waals surface area (Å²) < 4.78 is 56.7. The molecular weight excluding hydrogens is 506 g/mol. The smallest absolute Gasteiger partial charge is 0.235 e. The number of aromatic nitrogens is 6. The molecule has 0 radical (unpaired) electrons. The lowest BCUT2D eigenvalue weighted by Crippen LogP contribution is -2.50. The van der Waals surface area contributed by atoms with Crippen molar-refractivity contribution in [1.82, 2.24) is 29.7 Å². The highest BCUT2D eigenvalue weighted by atomic mass is 19.1. The van der Waals surface area contributed by atoms with E-state index >= 15 is 0 Å². The fourth-order valence-electron chi connectivity index (χ4n) is 4.13. The molecule has 4 aromatic heterocycles. The Morgan fingerprint density at radius 2 is 1.95 bits per heavy atom. The molecule has 1 amide bonds. The van der Waals surface area contributed by atoms with Crippen LogP contribution in [0.1, 0.15) is 25.1 Å². The summed E-state index contributed by atoms with van der Waals surface area (Å²) >= 11 is 0. The van der Waals surface area contributed by atoms with Crippen molar-refractivity contribution < 1.29 is 22.4 Å². The molecular formula is C24H23F4N9O. The highest BCUT2D eigenvalue weighted by Crippen LogP contribution is 2.42. The molecule has 0 bridgehead atoms. The summed E-state index contributed by atoms with van der Waals surface area (Å²) in [6.45, 7) is 0.560. The van der Waals surface area contributed by atoms with Gasteiger partial charge in [-0.15, -0.1) is 0 Å². The minimum absolute atomic E-state index is 0.0370. The molecule has 10 nitrogen and oxygen atoms in total. The summed E-state index contributed by atoms with van der Waals surface area (Å²) in [6, 6.07) is 3.88. The quantitative estimate of drug-likeness (QED) is 0.297. The number of alkyl halides is 2. The van der Waals surface area contributed by atoms with Crippen LogP contribution in [0.5, 0.6) is 0 Å². The Hall–Kier alpha value is -4.20. The lowest BCUT2D eigenvalue weighted by Gasteiger charge is -2.25. The van der Waals surface area contributed by atoms with E-state index in [-0.39, 0.29) is 58.9 Å². The Morgan fingerprint density at radius 1 is 1.18 bits per heavy atom. The van der Waals surface area contributed by atoms with Gasteiger partial charge in [0.15, 0.2) is 11.5 Å². The zero-order valence-corrected chi connectivity index (χ0v) is 20.4. The number of carbonyl (C=O) groups excluding carboxylic acids is 1. The molecule has 198 valence electrons. The van der Waals surface area contributed by atoms with Crippen LogP contribution in [0, 0.1) is 11.6 Å². The number of nitrogens with two attached hydrogens (primary N) is 1. The fraction of sp³-hybridized carbons (Fsp3) is 0.333. The van der Waals surface area contributed by atoms with Crippen molar-refractivity contribution in [2.75, 3.05) is 30.5 Å². The van der Waals surface area contributed by atoms with Crippen molar-refractivity contribution in [2.45, 2.75) is 31.3 Å². The summed E-state index contributed by atoms with van der Waals surface area (Å²) in [5, 5.41) is 10.2. The number of rotatable bonds is 8. The number of pyridine rings is 2. The van der Waals surface area contributed by atoms with Crippen molar-refractivity contribution in [3.63, 3.8) is 0 Å². The highest BCUT2D eigenvalue weighted by molar-refractivity contribution is 6.06. The van der Waals surface area contributed by atoms with Crippen molar-refractivity contribution >= 4 is 28.6 Å². The predicted molar refractivity (Wildman–Crippen MR) is 131 cm³/mol. The van der Waals surface area contributed by atoms with E-state index in [4.69, 9.17) is 5.73 Å². The first-order valence-corrected chi connectivity index (χ1v) is 11.6. The van der Waals surface area contributed by atoms with Crippen molar-refractivity contribution in [3.05, 3.63) is 53.5 Å². The molecule has 38 heavy (non-hydrogen) atoms. The van der Waals surface area contributed by atoms with Gasteiger partial charge in [0.2, 0.25) is 5.91 Å². The third kappa shape index (κ3) is 4.30. The molecule has 0 unspecified atom stereocenters. The van der Waals surface area contributed by atoms with Crippen LogP contribution in [-0.2, 0) is 16.8 Å². The van der Waals surface area contributed by atoms with Gasteiger partial charge in [0, 0.05) is 12.7 Å². The van der Waals surface area contributed by atoms with Crippen LogP contribution in [0.25, 0.3) is 22.6 Å². The lowest BCUT2D eigenvalue weighted by atomic mass is 9.87. The molecule has 4 N–H and O–H groups in total. The predicted octanol–water partition coefficient (Wildman–Crippen LogP) is 2.89. The number of nitrogens with zero attached hydrogens (tertiary/aromatic N) is 6. The Labute approximate surface area is 213 Å². The van der Waals surface area contributed by atoms with E-state index in [0.29, 0.717) is 5.56 Å². The minimum Gasteiger partial charge on any atom is -0.368 e. The van der Waals surface area contributed by atoms with Crippen LogP contribution in [0.15, 0.2) is 30.6 Å². The van der Waals surface area contributed by atoms with E-state index in [0.717, 1.165) is 6.20 Å². The van der Waals surface area contributed by atoms with Crippen LogP contribution in [0.3, 0.4) is 0 Å². The minimum atomic E-state index is -1.81. The zero-order valence-electron chi connectivity index (χ0n) is 20.4. The van der Waals surface area contributed by atoms with Gasteiger partial charge in [0.25, 0.3) is 0 Å². The molecule has 0 aromatic carbocycles. The normalized spacial score (nSPS) is 14.6. The van der Waals surface area contributed by atoms with E-state index in [1.54, 1.807) is 13.8 Å². The van der Waals surface area contributed by atoms with Crippen molar-refractivity contribution in [2.24, 2.45) is 5.73 Å². The van der Waals surface area contributed by atoms with E-state index in [1.165, 1.54) is 29.1 Å². The molecule has 0 saturated heterocycles. The second kappa shape index (κ2) is 9.28.